The maximum absolute atomic E-state index is 10.9. The molecule has 1 saturated carbocycles. The number of nitrogens with zero attached hydrogens (tertiary/aromatic N) is 3. The Labute approximate surface area is 114 Å². The minimum absolute atomic E-state index is 0.00357. The van der Waals surface area contributed by atoms with Crippen LogP contribution in [0.15, 0.2) is 6.20 Å². The van der Waals surface area contributed by atoms with Crippen molar-refractivity contribution in [1.82, 2.24) is 15.0 Å². The van der Waals surface area contributed by atoms with Crippen molar-refractivity contribution in [2.75, 3.05) is 6.16 Å². The van der Waals surface area contributed by atoms with Crippen LogP contribution in [0, 0.1) is 5.92 Å². The Balaban J connectivity index is 1.99. The fraction of sp³-hybridized carbons (Fsp3) is 0.700. The average Bonchev–Trinajstić information content (AvgIpc) is 2.91. The molecule has 1 aromatic heterocycles. The van der Waals surface area contributed by atoms with Crippen molar-refractivity contribution in [2.45, 2.75) is 31.4 Å². The van der Waals surface area contributed by atoms with Gasteiger partial charge >= 0.3 is 7.60 Å². The molecule has 112 valence electrons. The van der Waals surface area contributed by atoms with Crippen molar-refractivity contribution in [3.05, 3.63) is 11.9 Å². The van der Waals surface area contributed by atoms with Gasteiger partial charge in [-0.05, 0) is 25.2 Å². The smallest absolute Gasteiger partial charge is 0.325 e. The van der Waals surface area contributed by atoms with E-state index in [-0.39, 0.29) is 23.8 Å². The number of carbonyl (C=O) groups excluding carboxylic acids is 1. The highest BCUT2D eigenvalue weighted by molar-refractivity contribution is 7.51. The van der Waals surface area contributed by atoms with Gasteiger partial charge in [-0.3, -0.25) is 9.36 Å². The van der Waals surface area contributed by atoms with Crippen LogP contribution in [0.1, 0.15) is 35.8 Å². The third-order valence-corrected chi connectivity index (χ3v) is 4.37. The number of aromatic nitrogens is 3. The highest BCUT2D eigenvalue weighted by Gasteiger charge is 2.35. The van der Waals surface area contributed by atoms with E-state index in [1.54, 1.807) is 0 Å². The quantitative estimate of drug-likeness (QED) is 0.522. The van der Waals surface area contributed by atoms with Gasteiger partial charge in [0.15, 0.2) is 5.69 Å². The molecule has 1 aromatic rings. The average molecular weight is 304 g/mol. The zero-order chi connectivity index (χ0) is 14.9. The molecule has 9 nitrogen and oxygen atoms in total. The number of nitrogens with two attached hydrogens (primary N) is 1. The lowest BCUT2D eigenvalue weighted by Crippen LogP contribution is -2.18. The summed E-state index contributed by atoms with van der Waals surface area (Å²) < 4.78 is 12.2. The van der Waals surface area contributed by atoms with Gasteiger partial charge in [0, 0.05) is 0 Å². The summed E-state index contributed by atoms with van der Waals surface area (Å²) in [7, 11) is -4.02. The van der Waals surface area contributed by atoms with Gasteiger partial charge in [0.1, 0.15) is 0 Å². The van der Waals surface area contributed by atoms with Crippen molar-refractivity contribution in [2.24, 2.45) is 11.7 Å². The first kappa shape index (κ1) is 15.1. The highest BCUT2D eigenvalue weighted by atomic mass is 31.2. The monoisotopic (exact) mass is 304 g/mol. The molecule has 0 spiro atoms. The summed E-state index contributed by atoms with van der Waals surface area (Å²) in [5, 5.41) is 17.4. The van der Waals surface area contributed by atoms with Crippen molar-refractivity contribution < 1.29 is 24.3 Å². The summed E-state index contributed by atoms with van der Waals surface area (Å²) in [6, 6.07) is -0.350. The van der Waals surface area contributed by atoms with Crippen LogP contribution in [-0.4, -0.2) is 48.1 Å². The van der Waals surface area contributed by atoms with E-state index in [0.717, 1.165) is 0 Å². The number of aliphatic hydroxyl groups is 1. The molecule has 0 saturated heterocycles. The summed E-state index contributed by atoms with van der Waals surface area (Å²) in [5.41, 5.74) is 5.10. The summed E-state index contributed by atoms with van der Waals surface area (Å²) in [6.07, 6.45) is 1.82. The minimum atomic E-state index is -4.02. The number of rotatable bonds is 5. The number of hydrogen-bond acceptors (Lipinski definition) is 5. The number of primary amides is 1. The van der Waals surface area contributed by atoms with Gasteiger partial charge < -0.3 is 20.6 Å². The lowest BCUT2D eigenvalue weighted by Gasteiger charge is -2.13. The van der Waals surface area contributed by atoms with Crippen LogP contribution in [-0.2, 0) is 4.57 Å². The van der Waals surface area contributed by atoms with E-state index in [0.29, 0.717) is 19.3 Å². The molecule has 3 atom stereocenters. The maximum atomic E-state index is 10.9. The second-order valence-corrected chi connectivity index (χ2v) is 6.87. The second-order valence-electron chi connectivity index (χ2n) is 5.10. The Morgan fingerprint density at radius 3 is 2.75 bits per heavy atom. The van der Waals surface area contributed by atoms with Gasteiger partial charge in [-0.1, -0.05) is 5.21 Å². The van der Waals surface area contributed by atoms with Crippen LogP contribution in [0.5, 0.6) is 0 Å². The summed E-state index contributed by atoms with van der Waals surface area (Å²) in [6.45, 7) is 0. The summed E-state index contributed by atoms with van der Waals surface area (Å²) >= 11 is 0. The van der Waals surface area contributed by atoms with E-state index < -0.39 is 19.6 Å². The van der Waals surface area contributed by atoms with Crippen LogP contribution in [0.3, 0.4) is 0 Å². The van der Waals surface area contributed by atoms with Crippen LogP contribution < -0.4 is 5.73 Å². The molecule has 20 heavy (non-hydrogen) atoms. The first-order valence-electron chi connectivity index (χ1n) is 6.20. The van der Waals surface area contributed by atoms with E-state index in [2.05, 4.69) is 10.3 Å². The van der Waals surface area contributed by atoms with E-state index in [9.17, 15) is 14.5 Å². The molecule has 1 aliphatic rings. The predicted molar refractivity (Wildman–Crippen MR) is 67.8 cm³/mol. The minimum Gasteiger partial charge on any atom is -0.391 e. The topological polar surface area (TPSA) is 152 Å². The first-order valence-corrected chi connectivity index (χ1v) is 8.00. The van der Waals surface area contributed by atoms with Crippen molar-refractivity contribution in [3.63, 3.8) is 0 Å². The standard InChI is InChI=1S/C10H17N4O5P/c11-10(16)7-5-14(13-12-7)8-3-6(4-9(8)15)1-2-20(17,18)19/h5-6,8-9,15H,1-4H2,(H2,11,16)(H2,17,18,19)/t6-,8+,9+/m0/s1. The molecule has 2 rings (SSSR count). The molecule has 0 unspecified atom stereocenters. The number of carbonyl (C=O) groups is 1. The lowest BCUT2D eigenvalue weighted by atomic mass is 10.1. The van der Waals surface area contributed by atoms with E-state index in [1.165, 1.54) is 10.9 Å². The highest BCUT2D eigenvalue weighted by Crippen LogP contribution is 2.42. The Kier molecular flexibility index (Phi) is 4.24. The molecule has 1 fully saturated rings. The van der Waals surface area contributed by atoms with Crippen LogP contribution in [0.2, 0.25) is 0 Å². The molecule has 1 aliphatic carbocycles. The van der Waals surface area contributed by atoms with Crippen LogP contribution in [0.4, 0.5) is 0 Å². The van der Waals surface area contributed by atoms with E-state index in [1.807, 2.05) is 0 Å². The Bertz CT molecular complexity index is 542. The first-order chi connectivity index (χ1) is 9.26. The molecule has 0 aromatic carbocycles. The Hall–Kier alpha value is -1.28. The van der Waals surface area contributed by atoms with Gasteiger partial charge in [0.05, 0.1) is 24.5 Å². The van der Waals surface area contributed by atoms with E-state index >= 15 is 0 Å². The van der Waals surface area contributed by atoms with Gasteiger partial charge in [-0.2, -0.15) is 0 Å². The normalized spacial score (nSPS) is 26.9. The Morgan fingerprint density at radius 1 is 1.50 bits per heavy atom. The molecule has 10 heteroatoms. The molecule has 0 aliphatic heterocycles. The van der Waals surface area contributed by atoms with Gasteiger partial charge in [-0.25, -0.2) is 4.68 Å². The molecule has 5 N–H and O–H groups in total. The molecule has 1 heterocycles. The van der Waals surface area contributed by atoms with Gasteiger partial charge in [0.2, 0.25) is 0 Å². The van der Waals surface area contributed by atoms with Crippen molar-refractivity contribution in [1.29, 1.82) is 0 Å². The number of hydrogen-bond donors (Lipinski definition) is 4. The van der Waals surface area contributed by atoms with Crippen molar-refractivity contribution >= 4 is 13.5 Å². The predicted octanol–water partition coefficient (Wildman–Crippen LogP) is -0.743. The second kappa shape index (κ2) is 5.61. The SMILES string of the molecule is NC(=O)c1cn([C@@H]2C[C@H](CCP(=O)(O)O)C[C@H]2O)nn1. The zero-order valence-electron chi connectivity index (χ0n) is 10.7. The fourth-order valence-corrected chi connectivity index (χ4v) is 3.22. The lowest BCUT2D eigenvalue weighted by molar-refractivity contribution is 0.0995. The fourth-order valence-electron chi connectivity index (χ4n) is 2.52. The molecule has 0 radical (unpaired) electrons. The summed E-state index contributed by atoms with van der Waals surface area (Å²) in [5.74, 6) is -0.689. The zero-order valence-corrected chi connectivity index (χ0v) is 11.6. The largest absolute Gasteiger partial charge is 0.391 e. The van der Waals surface area contributed by atoms with E-state index in [4.69, 9.17) is 15.5 Å². The maximum Gasteiger partial charge on any atom is 0.325 e. The third kappa shape index (κ3) is 3.63. The van der Waals surface area contributed by atoms with Crippen LogP contribution >= 0.6 is 7.60 Å². The van der Waals surface area contributed by atoms with Gasteiger partial charge in [0.25, 0.3) is 5.91 Å². The molecular weight excluding hydrogens is 287 g/mol. The van der Waals surface area contributed by atoms with Crippen molar-refractivity contribution in [3.8, 4) is 0 Å². The number of aliphatic hydroxyl groups excluding tert-OH is 1. The number of amides is 1. The van der Waals surface area contributed by atoms with Crippen LogP contribution in [0.25, 0.3) is 0 Å². The molecule has 0 bridgehead atoms. The summed E-state index contributed by atoms with van der Waals surface area (Å²) in [4.78, 5) is 28.7. The van der Waals surface area contributed by atoms with Gasteiger partial charge in [-0.15, -0.1) is 5.10 Å². The Morgan fingerprint density at radius 2 is 2.20 bits per heavy atom. The third-order valence-electron chi connectivity index (χ3n) is 3.52. The molecular formula is C10H17N4O5P. The molecule has 1 amide bonds.